The molecule has 6 heteroatoms. The largest absolute Gasteiger partial charge is 0.488 e. The van der Waals surface area contributed by atoms with Crippen molar-refractivity contribution >= 4 is 5.91 Å². The van der Waals surface area contributed by atoms with Crippen molar-refractivity contribution in [3.05, 3.63) is 59.7 Å². The van der Waals surface area contributed by atoms with Gasteiger partial charge in [0.2, 0.25) is 11.9 Å². The highest BCUT2D eigenvalue weighted by molar-refractivity contribution is 5.73. The number of rotatable bonds is 6. The number of ether oxygens (including phenoxy) is 1. The highest BCUT2D eigenvalue weighted by Crippen LogP contribution is 2.45. The highest BCUT2D eigenvalue weighted by atomic mass is 19.1. The van der Waals surface area contributed by atoms with Crippen LogP contribution < -0.4 is 10.1 Å². The van der Waals surface area contributed by atoms with Crippen LogP contribution in [0.4, 0.5) is 4.39 Å². The van der Waals surface area contributed by atoms with E-state index in [1.807, 2.05) is 23.1 Å². The number of pyridine rings is 1. The van der Waals surface area contributed by atoms with Gasteiger partial charge in [-0.05, 0) is 43.0 Å². The Morgan fingerprint density at radius 2 is 2.04 bits per heavy atom. The molecule has 1 amide bonds. The Labute approximate surface area is 164 Å². The first-order valence-electron chi connectivity index (χ1n) is 9.94. The first-order chi connectivity index (χ1) is 13.6. The molecular formula is C22H26FN3O2. The number of amides is 1. The number of hydrogen-bond acceptors (Lipinski definition) is 4. The van der Waals surface area contributed by atoms with Gasteiger partial charge >= 0.3 is 0 Å². The topological polar surface area (TPSA) is 54.5 Å². The van der Waals surface area contributed by atoms with E-state index in [1.165, 1.54) is 11.8 Å². The van der Waals surface area contributed by atoms with Crippen molar-refractivity contribution in [2.24, 2.45) is 0 Å². The first-order valence-corrected chi connectivity index (χ1v) is 9.94. The van der Waals surface area contributed by atoms with Gasteiger partial charge in [-0.15, -0.1) is 0 Å². The second-order valence-electron chi connectivity index (χ2n) is 7.68. The molecule has 28 heavy (non-hydrogen) atoms. The maximum Gasteiger partial charge on any atom is 0.219 e. The Kier molecular flexibility index (Phi) is 5.57. The number of aromatic nitrogens is 1. The number of para-hydroxylation sites is 1. The number of piperidine rings is 1. The van der Waals surface area contributed by atoms with Crippen molar-refractivity contribution < 1.29 is 13.9 Å². The maximum absolute atomic E-state index is 13.7. The van der Waals surface area contributed by atoms with E-state index >= 15 is 0 Å². The third kappa shape index (κ3) is 4.33. The Hall–Kier alpha value is -2.47. The molecule has 2 aliphatic rings. The lowest BCUT2D eigenvalue weighted by Gasteiger charge is -2.32. The molecule has 148 valence electrons. The summed E-state index contributed by atoms with van der Waals surface area (Å²) in [5.41, 5.74) is 1.63. The smallest absolute Gasteiger partial charge is 0.219 e. The summed E-state index contributed by atoms with van der Waals surface area (Å²) in [7, 11) is 0. The van der Waals surface area contributed by atoms with E-state index in [4.69, 9.17) is 4.74 Å². The van der Waals surface area contributed by atoms with E-state index in [2.05, 4.69) is 16.4 Å². The quantitative estimate of drug-likeness (QED) is 0.778. The van der Waals surface area contributed by atoms with Crippen LogP contribution in [0.15, 0.2) is 42.6 Å². The molecule has 5 nitrogen and oxygen atoms in total. The molecule has 2 unspecified atom stereocenters. The second-order valence-corrected chi connectivity index (χ2v) is 7.68. The van der Waals surface area contributed by atoms with Gasteiger partial charge < -0.3 is 15.0 Å². The van der Waals surface area contributed by atoms with Crippen molar-refractivity contribution in [1.82, 2.24) is 15.2 Å². The van der Waals surface area contributed by atoms with Gasteiger partial charge in [-0.1, -0.05) is 18.2 Å². The SMILES string of the molecule is CC(=O)N1CCC(NC2CC2c2ccccc2OCc2cccnc2F)CC1. The van der Waals surface area contributed by atoms with Crippen LogP contribution in [0.1, 0.15) is 43.2 Å². The Bertz CT molecular complexity index is 836. The summed E-state index contributed by atoms with van der Waals surface area (Å²) in [6, 6.07) is 12.3. The normalized spacial score (nSPS) is 22.1. The van der Waals surface area contributed by atoms with Crippen LogP contribution in [-0.2, 0) is 11.4 Å². The summed E-state index contributed by atoms with van der Waals surface area (Å²) in [6.07, 6.45) is 4.52. The number of halogens is 1. The number of nitrogens with one attached hydrogen (secondary N) is 1. The van der Waals surface area contributed by atoms with Crippen LogP contribution in [0, 0.1) is 5.95 Å². The molecule has 4 rings (SSSR count). The van der Waals surface area contributed by atoms with Gasteiger partial charge in [-0.2, -0.15) is 4.39 Å². The fourth-order valence-corrected chi connectivity index (χ4v) is 3.99. The van der Waals surface area contributed by atoms with E-state index in [0.717, 1.165) is 38.1 Å². The van der Waals surface area contributed by atoms with Gasteiger partial charge in [0.15, 0.2) is 0 Å². The van der Waals surface area contributed by atoms with Gasteiger partial charge in [-0.25, -0.2) is 4.98 Å². The van der Waals surface area contributed by atoms with Crippen molar-refractivity contribution in [3.63, 3.8) is 0 Å². The number of likely N-dealkylation sites (tertiary alicyclic amines) is 1. The molecule has 0 bridgehead atoms. The monoisotopic (exact) mass is 383 g/mol. The van der Waals surface area contributed by atoms with Crippen LogP contribution in [0.5, 0.6) is 5.75 Å². The zero-order valence-electron chi connectivity index (χ0n) is 16.1. The predicted molar refractivity (Wildman–Crippen MR) is 105 cm³/mol. The molecule has 0 spiro atoms. The summed E-state index contributed by atoms with van der Waals surface area (Å²) in [6.45, 7) is 3.48. The van der Waals surface area contributed by atoms with Gasteiger partial charge in [0.05, 0.1) is 0 Å². The fraction of sp³-hybridized carbons (Fsp3) is 0.455. The van der Waals surface area contributed by atoms with Gasteiger partial charge in [0, 0.05) is 49.8 Å². The van der Waals surface area contributed by atoms with Crippen LogP contribution in [0.3, 0.4) is 0 Å². The fourth-order valence-electron chi connectivity index (χ4n) is 3.99. The van der Waals surface area contributed by atoms with Crippen molar-refractivity contribution in [2.75, 3.05) is 13.1 Å². The highest BCUT2D eigenvalue weighted by Gasteiger charge is 2.41. The Morgan fingerprint density at radius 3 is 2.79 bits per heavy atom. The Morgan fingerprint density at radius 1 is 1.25 bits per heavy atom. The minimum atomic E-state index is -0.483. The Balaban J connectivity index is 1.33. The molecule has 1 N–H and O–H groups in total. The third-order valence-electron chi connectivity index (χ3n) is 5.72. The van der Waals surface area contributed by atoms with Gasteiger partial charge in [0.25, 0.3) is 0 Å². The molecule has 1 saturated heterocycles. The van der Waals surface area contributed by atoms with E-state index in [9.17, 15) is 9.18 Å². The lowest BCUT2D eigenvalue weighted by Crippen LogP contribution is -2.45. The van der Waals surface area contributed by atoms with Crippen molar-refractivity contribution in [2.45, 2.75) is 50.8 Å². The van der Waals surface area contributed by atoms with E-state index in [1.54, 1.807) is 19.1 Å². The van der Waals surface area contributed by atoms with Crippen molar-refractivity contribution in [3.8, 4) is 5.75 Å². The molecular weight excluding hydrogens is 357 g/mol. The summed E-state index contributed by atoms with van der Waals surface area (Å²) < 4.78 is 19.7. The number of carbonyl (C=O) groups is 1. The zero-order valence-corrected chi connectivity index (χ0v) is 16.1. The molecule has 1 aliphatic heterocycles. The van der Waals surface area contributed by atoms with Gasteiger partial charge in [0.1, 0.15) is 12.4 Å². The van der Waals surface area contributed by atoms with Gasteiger partial charge in [-0.3, -0.25) is 4.79 Å². The first kappa shape index (κ1) is 18.9. The molecule has 1 aromatic heterocycles. The average Bonchev–Trinajstić information content (AvgIpc) is 3.47. The minimum Gasteiger partial charge on any atom is -0.488 e. The molecule has 2 aromatic rings. The molecule has 1 aromatic carbocycles. The van der Waals surface area contributed by atoms with E-state index < -0.39 is 5.95 Å². The summed E-state index contributed by atoms with van der Waals surface area (Å²) in [5, 5.41) is 3.75. The van der Waals surface area contributed by atoms with E-state index in [0.29, 0.717) is 23.6 Å². The lowest BCUT2D eigenvalue weighted by molar-refractivity contribution is -0.129. The standard InChI is InChI=1S/C22H26FN3O2/c1-15(27)26-11-8-17(9-12-26)25-20-13-19(20)18-6-2-3-7-21(18)28-14-16-5-4-10-24-22(16)23/h2-7,10,17,19-20,25H,8-9,11-14H2,1H3. The van der Waals surface area contributed by atoms with Crippen LogP contribution in [0.2, 0.25) is 0 Å². The molecule has 2 atom stereocenters. The summed E-state index contributed by atoms with van der Waals surface area (Å²) >= 11 is 0. The number of nitrogens with zero attached hydrogens (tertiary/aromatic N) is 2. The predicted octanol–water partition coefficient (Wildman–Crippen LogP) is 3.26. The number of hydrogen-bond donors (Lipinski definition) is 1. The van der Waals surface area contributed by atoms with Crippen LogP contribution >= 0.6 is 0 Å². The second kappa shape index (κ2) is 8.27. The van der Waals surface area contributed by atoms with Crippen molar-refractivity contribution in [1.29, 1.82) is 0 Å². The maximum atomic E-state index is 13.7. The van der Waals surface area contributed by atoms with Crippen LogP contribution in [0.25, 0.3) is 0 Å². The van der Waals surface area contributed by atoms with Crippen LogP contribution in [-0.4, -0.2) is 41.0 Å². The molecule has 2 heterocycles. The van der Waals surface area contributed by atoms with E-state index in [-0.39, 0.29) is 12.5 Å². The zero-order chi connectivity index (χ0) is 19.5. The summed E-state index contributed by atoms with van der Waals surface area (Å²) in [5.74, 6) is 0.911. The summed E-state index contributed by atoms with van der Waals surface area (Å²) in [4.78, 5) is 17.1. The lowest BCUT2D eigenvalue weighted by atomic mass is 10.0. The molecule has 2 fully saturated rings. The molecule has 1 saturated carbocycles. The third-order valence-corrected chi connectivity index (χ3v) is 5.72. The average molecular weight is 383 g/mol. The number of carbonyl (C=O) groups excluding carboxylic acids is 1. The number of benzene rings is 1. The molecule has 1 aliphatic carbocycles. The molecule has 0 radical (unpaired) electrons. The minimum absolute atomic E-state index is 0.166.